The van der Waals surface area contributed by atoms with E-state index in [1.165, 1.54) is 6.07 Å². The van der Waals surface area contributed by atoms with E-state index in [0.29, 0.717) is 18.3 Å². The average Bonchev–Trinajstić information content (AvgIpc) is 2.68. The van der Waals surface area contributed by atoms with Crippen molar-refractivity contribution in [3.8, 4) is 5.75 Å². The van der Waals surface area contributed by atoms with Crippen molar-refractivity contribution in [1.82, 2.24) is 15.3 Å². The maximum absolute atomic E-state index is 14.5. The van der Waals surface area contributed by atoms with Crippen LogP contribution in [0.1, 0.15) is 31.4 Å². The number of alkyl halides is 4. The van der Waals surface area contributed by atoms with Crippen molar-refractivity contribution in [3.63, 3.8) is 0 Å². The SMILES string of the molecule is CCCNCc1cc(OCCF)c(Nc2ncc(C(F)(F)F)c(NCC)n2)cc1F. The van der Waals surface area contributed by atoms with Gasteiger partial charge in [-0.3, -0.25) is 0 Å². The van der Waals surface area contributed by atoms with E-state index in [-0.39, 0.29) is 37.1 Å². The zero-order chi connectivity index (χ0) is 22.1. The Morgan fingerprint density at radius 1 is 1.17 bits per heavy atom. The molecule has 1 aromatic heterocycles. The Hall–Kier alpha value is -2.69. The monoisotopic (exact) mass is 433 g/mol. The van der Waals surface area contributed by atoms with Crippen LogP contribution >= 0.6 is 0 Å². The molecule has 166 valence electrons. The Labute approximate surface area is 171 Å². The predicted octanol–water partition coefficient (Wildman–Crippen LogP) is 4.66. The van der Waals surface area contributed by atoms with E-state index >= 15 is 0 Å². The molecule has 30 heavy (non-hydrogen) atoms. The second kappa shape index (κ2) is 10.9. The molecule has 0 aliphatic rings. The lowest BCUT2D eigenvalue weighted by atomic mass is 10.1. The number of benzene rings is 1. The van der Waals surface area contributed by atoms with Crippen molar-refractivity contribution in [3.05, 3.63) is 35.3 Å². The first-order chi connectivity index (χ1) is 14.3. The number of nitrogens with one attached hydrogen (secondary N) is 3. The van der Waals surface area contributed by atoms with Gasteiger partial charge in [-0.2, -0.15) is 18.2 Å². The molecule has 2 rings (SSSR count). The molecule has 0 bridgehead atoms. The molecule has 0 amide bonds. The summed E-state index contributed by atoms with van der Waals surface area (Å²) >= 11 is 0. The molecular weight excluding hydrogens is 409 g/mol. The number of hydrogen-bond donors (Lipinski definition) is 3. The summed E-state index contributed by atoms with van der Waals surface area (Å²) in [6.45, 7) is 3.70. The van der Waals surface area contributed by atoms with Crippen molar-refractivity contribution in [1.29, 1.82) is 0 Å². The van der Waals surface area contributed by atoms with Crippen LogP contribution in [0.4, 0.5) is 39.4 Å². The molecule has 0 unspecified atom stereocenters. The van der Waals surface area contributed by atoms with Gasteiger partial charge in [0, 0.05) is 30.9 Å². The lowest BCUT2D eigenvalue weighted by Crippen LogP contribution is -2.16. The van der Waals surface area contributed by atoms with Crippen LogP contribution in [0.25, 0.3) is 0 Å². The van der Waals surface area contributed by atoms with Gasteiger partial charge in [-0.25, -0.2) is 13.8 Å². The van der Waals surface area contributed by atoms with Crippen molar-refractivity contribution >= 4 is 17.5 Å². The van der Waals surface area contributed by atoms with E-state index in [9.17, 15) is 22.0 Å². The Morgan fingerprint density at radius 2 is 1.93 bits per heavy atom. The Bertz CT molecular complexity index is 832. The van der Waals surface area contributed by atoms with E-state index in [0.717, 1.165) is 12.5 Å². The van der Waals surface area contributed by atoms with Gasteiger partial charge in [0.2, 0.25) is 5.95 Å². The summed E-state index contributed by atoms with van der Waals surface area (Å²) in [6, 6.07) is 2.52. The van der Waals surface area contributed by atoms with Crippen LogP contribution in [0.2, 0.25) is 0 Å². The van der Waals surface area contributed by atoms with Gasteiger partial charge in [-0.1, -0.05) is 6.92 Å². The van der Waals surface area contributed by atoms with E-state index < -0.39 is 30.0 Å². The number of aromatic nitrogens is 2. The standard InChI is InChI=1S/C19H24F5N5O/c1-3-6-25-10-12-8-16(30-7-5-20)15(9-14(12)21)28-18-27-11-13(19(22,23)24)17(29-18)26-4-2/h8-9,11,25H,3-7,10H2,1-2H3,(H2,26,27,28,29). The minimum absolute atomic E-state index is 0.0717. The summed E-state index contributed by atoms with van der Waals surface area (Å²) in [5.74, 6) is -1.03. The summed E-state index contributed by atoms with van der Waals surface area (Å²) in [6.07, 6.45) is -3.13. The van der Waals surface area contributed by atoms with Gasteiger partial charge in [-0.15, -0.1) is 0 Å². The highest BCUT2D eigenvalue weighted by Gasteiger charge is 2.35. The number of rotatable bonds is 11. The van der Waals surface area contributed by atoms with Crippen LogP contribution in [0.15, 0.2) is 18.3 Å². The van der Waals surface area contributed by atoms with E-state index in [1.54, 1.807) is 6.92 Å². The third kappa shape index (κ3) is 6.41. The van der Waals surface area contributed by atoms with Gasteiger partial charge in [-0.05, 0) is 26.0 Å². The van der Waals surface area contributed by atoms with Crippen LogP contribution in [-0.2, 0) is 12.7 Å². The minimum Gasteiger partial charge on any atom is -0.489 e. The fourth-order valence-electron chi connectivity index (χ4n) is 2.57. The van der Waals surface area contributed by atoms with Gasteiger partial charge >= 0.3 is 6.18 Å². The fourth-order valence-corrected chi connectivity index (χ4v) is 2.57. The average molecular weight is 433 g/mol. The molecular formula is C19H24F5N5O. The molecule has 0 atom stereocenters. The smallest absolute Gasteiger partial charge is 0.421 e. The largest absolute Gasteiger partial charge is 0.489 e. The molecule has 0 spiro atoms. The molecule has 0 aliphatic carbocycles. The molecule has 0 radical (unpaired) electrons. The predicted molar refractivity (Wildman–Crippen MR) is 104 cm³/mol. The van der Waals surface area contributed by atoms with Crippen LogP contribution in [0.5, 0.6) is 5.75 Å². The molecule has 0 aliphatic heterocycles. The molecule has 0 saturated carbocycles. The van der Waals surface area contributed by atoms with Gasteiger partial charge < -0.3 is 20.7 Å². The zero-order valence-electron chi connectivity index (χ0n) is 16.7. The quantitative estimate of drug-likeness (QED) is 0.354. The molecule has 1 heterocycles. The molecule has 11 heteroatoms. The van der Waals surface area contributed by atoms with Crippen LogP contribution in [-0.4, -0.2) is 36.3 Å². The molecule has 2 aromatic rings. The summed E-state index contributed by atoms with van der Waals surface area (Å²) in [5, 5.41) is 8.25. The van der Waals surface area contributed by atoms with Crippen molar-refractivity contribution < 1.29 is 26.7 Å². The Morgan fingerprint density at radius 3 is 2.57 bits per heavy atom. The number of anilines is 3. The summed E-state index contributed by atoms with van der Waals surface area (Å²) in [4.78, 5) is 7.51. The summed E-state index contributed by atoms with van der Waals surface area (Å²) < 4.78 is 71.7. The minimum atomic E-state index is -4.63. The van der Waals surface area contributed by atoms with Gasteiger partial charge in [0.1, 0.15) is 36.2 Å². The second-order valence-corrected chi connectivity index (χ2v) is 6.26. The van der Waals surface area contributed by atoms with Crippen molar-refractivity contribution in [2.45, 2.75) is 33.0 Å². The van der Waals surface area contributed by atoms with Gasteiger partial charge in [0.15, 0.2) is 0 Å². The summed E-state index contributed by atoms with van der Waals surface area (Å²) in [7, 11) is 0. The van der Waals surface area contributed by atoms with E-state index in [2.05, 4.69) is 25.9 Å². The molecule has 0 saturated heterocycles. The molecule has 1 aromatic carbocycles. The third-order valence-electron chi connectivity index (χ3n) is 3.91. The first-order valence-electron chi connectivity index (χ1n) is 9.47. The molecule has 0 fully saturated rings. The second-order valence-electron chi connectivity index (χ2n) is 6.26. The molecule has 3 N–H and O–H groups in total. The first kappa shape index (κ1) is 23.6. The third-order valence-corrected chi connectivity index (χ3v) is 3.91. The maximum atomic E-state index is 14.5. The zero-order valence-corrected chi connectivity index (χ0v) is 16.7. The lowest BCUT2D eigenvalue weighted by molar-refractivity contribution is -0.137. The first-order valence-corrected chi connectivity index (χ1v) is 9.47. The van der Waals surface area contributed by atoms with E-state index in [4.69, 9.17) is 4.74 Å². The molecule has 6 nitrogen and oxygen atoms in total. The number of nitrogens with zero attached hydrogens (tertiary/aromatic N) is 2. The van der Waals surface area contributed by atoms with Crippen molar-refractivity contribution in [2.24, 2.45) is 0 Å². The number of ether oxygens (including phenoxy) is 1. The number of hydrogen-bond acceptors (Lipinski definition) is 6. The van der Waals surface area contributed by atoms with Crippen LogP contribution in [0, 0.1) is 5.82 Å². The summed E-state index contributed by atoms with van der Waals surface area (Å²) in [5.41, 5.74) is -0.640. The van der Waals surface area contributed by atoms with Crippen LogP contribution in [0.3, 0.4) is 0 Å². The highest BCUT2D eigenvalue weighted by atomic mass is 19.4. The van der Waals surface area contributed by atoms with Gasteiger partial charge in [0.25, 0.3) is 0 Å². The van der Waals surface area contributed by atoms with Gasteiger partial charge in [0.05, 0.1) is 5.69 Å². The Balaban J connectivity index is 2.35. The highest BCUT2D eigenvalue weighted by Crippen LogP contribution is 2.35. The normalized spacial score (nSPS) is 11.4. The fraction of sp³-hybridized carbons (Fsp3) is 0.474. The number of halogens is 5. The maximum Gasteiger partial charge on any atom is 0.421 e. The highest BCUT2D eigenvalue weighted by molar-refractivity contribution is 5.65. The lowest BCUT2D eigenvalue weighted by Gasteiger charge is -2.16. The van der Waals surface area contributed by atoms with Crippen LogP contribution < -0.4 is 20.7 Å². The topological polar surface area (TPSA) is 71.1 Å². The Kier molecular flexibility index (Phi) is 8.58. The van der Waals surface area contributed by atoms with Crippen molar-refractivity contribution in [2.75, 3.05) is 37.0 Å². The van der Waals surface area contributed by atoms with E-state index in [1.807, 2.05) is 6.92 Å².